The van der Waals surface area contributed by atoms with E-state index in [9.17, 15) is 0 Å². The summed E-state index contributed by atoms with van der Waals surface area (Å²) in [6.45, 7) is 2.57. The van der Waals surface area contributed by atoms with Crippen molar-refractivity contribution in [1.82, 2.24) is 0 Å². The Morgan fingerprint density at radius 3 is 2.87 bits per heavy atom. The van der Waals surface area contributed by atoms with Gasteiger partial charge in [0.25, 0.3) is 0 Å². The maximum Gasteiger partial charge on any atom is 0.122 e. The Morgan fingerprint density at radius 1 is 1.33 bits per heavy atom. The minimum Gasteiger partial charge on any atom is -0.492 e. The Balaban J connectivity index is 2.53. The van der Waals surface area contributed by atoms with E-state index in [2.05, 4.69) is 11.8 Å². The van der Waals surface area contributed by atoms with Crippen molar-refractivity contribution in [3.05, 3.63) is 29.8 Å². The molecule has 0 aliphatic rings. The van der Waals surface area contributed by atoms with Gasteiger partial charge < -0.3 is 9.84 Å². The lowest BCUT2D eigenvalue weighted by molar-refractivity contribution is 0.290. The van der Waals surface area contributed by atoms with Crippen LogP contribution in [0.3, 0.4) is 0 Å². The van der Waals surface area contributed by atoms with Gasteiger partial charge in [0.1, 0.15) is 5.75 Å². The molecule has 1 aromatic carbocycles. The highest BCUT2D eigenvalue weighted by molar-refractivity contribution is 5.33. The number of para-hydroxylation sites is 1. The van der Waals surface area contributed by atoms with Crippen LogP contribution in [0, 0.1) is 11.8 Å². The average molecular weight is 204 g/mol. The molecule has 0 heterocycles. The smallest absolute Gasteiger partial charge is 0.122 e. The normalized spacial score (nSPS) is 9.20. The van der Waals surface area contributed by atoms with E-state index < -0.39 is 0 Å². The molecule has 0 atom stereocenters. The van der Waals surface area contributed by atoms with Gasteiger partial charge in [-0.2, -0.15) is 0 Å². The van der Waals surface area contributed by atoms with E-state index in [4.69, 9.17) is 9.84 Å². The van der Waals surface area contributed by atoms with Gasteiger partial charge in [0.05, 0.1) is 6.61 Å². The summed E-state index contributed by atoms with van der Waals surface area (Å²) < 4.78 is 5.58. The van der Waals surface area contributed by atoms with Crippen LogP contribution in [-0.2, 0) is 6.42 Å². The van der Waals surface area contributed by atoms with Gasteiger partial charge in [-0.25, -0.2) is 0 Å². The van der Waals surface area contributed by atoms with E-state index in [1.165, 1.54) is 0 Å². The van der Waals surface area contributed by atoms with Crippen molar-refractivity contribution >= 4 is 0 Å². The minimum atomic E-state index is 0.148. The lowest BCUT2D eigenvalue weighted by Crippen LogP contribution is -2.00. The molecule has 0 spiro atoms. The summed E-state index contributed by atoms with van der Waals surface area (Å²) in [5.41, 5.74) is 1.05. The van der Waals surface area contributed by atoms with Gasteiger partial charge >= 0.3 is 0 Å². The molecule has 0 radical (unpaired) electrons. The van der Waals surface area contributed by atoms with Crippen molar-refractivity contribution in [1.29, 1.82) is 0 Å². The number of ether oxygens (including phenoxy) is 1. The molecule has 0 unspecified atom stereocenters. The van der Waals surface area contributed by atoms with Gasteiger partial charge in [0, 0.05) is 13.0 Å². The molecule has 0 bridgehead atoms. The Morgan fingerprint density at radius 2 is 2.13 bits per heavy atom. The zero-order valence-electron chi connectivity index (χ0n) is 8.99. The summed E-state index contributed by atoms with van der Waals surface area (Å²) >= 11 is 0. The number of aliphatic hydroxyl groups is 1. The van der Waals surface area contributed by atoms with Crippen molar-refractivity contribution in [2.24, 2.45) is 0 Å². The highest BCUT2D eigenvalue weighted by Gasteiger charge is 2.00. The summed E-state index contributed by atoms with van der Waals surface area (Å²) in [5, 5.41) is 8.88. The molecule has 0 fully saturated rings. The molecular formula is C13H16O2. The summed E-state index contributed by atoms with van der Waals surface area (Å²) in [6, 6.07) is 7.77. The average Bonchev–Trinajstić information content (AvgIpc) is 2.27. The Kier molecular flexibility index (Phi) is 5.35. The Hall–Kier alpha value is -1.46. The molecule has 1 rings (SSSR count). The predicted molar refractivity (Wildman–Crippen MR) is 60.8 cm³/mol. The Labute approximate surface area is 90.9 Å². The maximum atomic E-state index is 8.88. The summed E-state index contributed by atoms with van der Waals surface area (Å²) in [4.78, 5) is 0. The first-order chi connectivity index (χ1) is 7.38. The first-order valence-electron chi connectivity index (χ1n) is 5.09. The third-order valence-electron chi connectivity index (χ3n) is 2.02. The van der Waals surface area contributed by atoms with Gasteiger partial charge in [0.15, 0.2) is 0 Å². The second-order valence-corrected chi connectivity index (χ2v) is 3.11. The van der Waals surface area contributed by atoms with Crippen LogP contribution in [-0.4, -0.2) is 18.3 Å². The van der Waals surface area contributed by atoms with E-state index in [-0.39, 0.29) is 6.61 Å². The maximum absolute atomic E-state index is 8.88. The van der Waals surface area contributed by atoms with E-state index in [0.29, 0.717) is 13.0 Å². The number of rotatable bonds is 5. The quantitative estimate of drug-likeness (QED) is 0.587. The fourth-order valence-corrected chi connectivity index (χ4v) is 1.31. The first kappa shape index (κ1) is 11.6. The van der Waals surface area contributed by atoms with E-state index >= 15 is 0 Å². The number of benzene rings is 1. The number of hydrogen-bond acceptors (Lipinski definition) is 2. The van der Waals surface area contributed by atoms with Gasteiger partial charge in [-0.05, 0) is 25.0 Å². The molecule has 80 valence electrons. The topological polar surface area (TPSA) is 29.5 Å². The van der Waals surface area contributed by atoms with Crippen LogP contribution in [0.25, 0.3) is 0 Å². The molecule has 0 saturated heterocycles. The Bertz CT molecular complexity index is 347. The molecule has 0 saturated carbocycles. The molecule has 1 aromatic rings. The highest BCUT2D eigenvalue weighted by Crippen LogP contribution is 2.18. The summed E-state index contributed by atoms with van der Waals surface area (Å²) in [5.74, 6) is 6.62. The standard InChI is InChI=1S/C13H16O2/c1-2-3-6-11-15-13-8-5-4-7-12(13)9-10-14/h4-5,7-8,14H,6,9-11H2,1H3. The van der Waals surface area contributed by atoms with Crippen molar-refractivity contribution in [3.63, 3.8) is 0 Å². The number of aliphatic hydroxyl groups excluding tert-OH is 1. The number of hydrogen-bond donors (Lipinski definition) is 1. The molecule has 2 heteroatoms. The minimum absolute atomic E-state index is 0.148. The fourth-order valence-electron chi connectivity index (χ4n) is 1.31. The van der Waals surface area contributed by atoms with Crippen molar-refractivity contribution in [3.8, 4) is 17.6 Å². The summed E-state index contributed by atoms with van der Waals surface area (Å²) in [7, 11) is 0. The van der Waals surface area contributed by atoms with E-state index in [1.54, 1.807) is 0 Å². The van der Waals surface area contributed by atoms with Gasteiger partial charge in [0.2, 0.25) is 0 Å². The molecule has 2 nitrogen and oxygen atoms in total. The van der Waals surface area contributed by atoms with Crippen molar-refractivity contribution in [2.75, 3.05) is 13.2 Å². The predicted octanol–water partition coefficient (Wildman–Crippen LogP) is 2.01. The summed E-state index contributed by atoms with van der Waals surface area (Å²) in [6.07, 6.45) is 1.37. The first-order valence-corrected chi connectivity index (χ1v) is 5.09. The monoisotopic (exact) mass is 204 g/mol. The van der Waals surface area contributed by atoms with E-state index in [0.717, 1.165) is 17.7 Å². The van der Waals surface area contributed by atoms with Crippen LogP contribution in [0.4, 0.5) is 0 Å². The molecule has 0 amide bonds. The molecule has 15 heavy (non-hydrogen) atoms. The van der Waals surface area contributed by atoms with Crippen LogP contribution < -0.4 is 4.74 Å². The van der Waals surface area contributed by atoms with Gasteiger partial charge in [-0.1, -0.05) is 18.2 Å². The molecule has 1 N–H and O–H groups in total. The van der Waals surface area contributed by atoms with Crippen molar-refractivity contribution < 1.29 is 9.84 Å². The van der Waals surface area contributed by atoms with Crippen LogP contribution in [0.2, 0.25) is 0 Å². The zero-order valence-corrected chi connectivity index (χ0v) is 8.99. The van der Waals surface area contributed by atoms with E-state index in [1.807, 2.05) is 31.2 Å². The zero-order chi connectivity index (χ0) is 10.9. The van der Waals surface area contributed by atoms with Crippen LogP contribution >= 0.6 is 0 Å². The fraction of sp³-hybridized carbons (Fsp3) is 0.385. The second-order valence-electron chi connectivity index (χ2n) is 3.11. The highest BCUT2D eigenvalue weighted by atomic mass is 16.5. The third-order valence-corrected chi connectivity index (χ3v) is 2.02. The lowest BCUT2D eigenvalue weighted by atomic mass is 10.1. The molecular weight excluding hydrogens is 188 g/mol. The van der Waals surface area contributed by atoms with Gasteiger partial charge in [-0.3, -0.25) is 0 Å². The van der Waals surface area contributed by atoms with Crippen LogP contribution in [0.1, 0.15) is 18.9 Å². The van der Waals surface area contributed by atoms with Crippen LogP contribution in [0.15, 0.2) is 24.3 Å². The third kappa shape index (κ3) is 4.05. The second kappa shape index (κ2) is 6.92. The largest absolute Gasteiger partial charge is 0.492 e. The van der Waals surface area contributed by atoms with Gasteiger partial charge in [-0.15, -0.1) is 11.8 Å². The molecule has 0 aliphatic carbocycles. The van der Waals surface area contributed by atoms with Crippen LogP contribution in [0.5, 0.6) is 5.75 Å². The lowest BCUT2D eigenvalue weighted by Gasteiger charge is -2.08. The molecule has 0 aromatic heterocycles. The van der Waals surface area contributed by atoms with Crippen molar-refractivity contribution in [2.45, 2.75) is 19.8 Å². The SMILES string of the molecule is CC#CCCOc1ccccc1CCO. The molecule has 0 aliphatic heterocycles.